The Morgan fingerprint density at radius 2 is 1.97 bits per heavy atom. The molecule has 0 aliphatic heterocycles. The van der Waals surface area contributed by atoms with E-state index in [4.69, 9.17) is 14.6 Å². The number of pyridine rings is 2. The van der Waals surface area contributed by atoms with Crippen LogP contribution in [-0.4, -0.2) is 54.6 Å². The van der Waals surface area contributed by atoms with Gasteiger partial charge in [-0.2, -0.15) is 10.1 Å². The SMILES string of the molecule is COc1nc(N[C@H](C)CCO)ncc1-c1ccc(Oc2ccnc(-c3cnn(C)c3)c2)c(C)n1. The van der Waals surface area contributed by atoms with E-state index in [0.29, 0.717) is 46.7 Å². The third-order valence-electron chi connectivity index (χ3n) is 5.16. The topological polar surface area (TPSA) is 120 Å². The predicted molar refractivity (Wildman–Crippen MR) is 128 cm³/mol. The molecule has 4 rings (SSSR count). The molecule has 176 valence electrons. The lowest BCUT2D eigenvalue weighted by Crippen LogP contribution is -2.18. The number of methoxy groups -OCH3 is 1. The van der Waals surface area contributed by atoms with Gasteiger partial charge in [-0.1, -0.05) is 0 Å². The minimum Gasteiger partial charge on any atom is -0.480 e. The van der Waals surface area contributed by atoms with Crippen LogP contribution in [-0.2, 0) is 7.05 Å². The molecule has 0 spiro atoms. The molecule has 1 atom stereocenters. The highest BCUT2D eigenvalue weighted by atomic mass is 16.5. The zero-order valence-electron chi connectivity index (χ0n) is 19.6. The smallest absolute Gasteiger partial charge is 0.227 e. The van der Waals surface area contributed by atoms with Gasteiger partial charge in [-0.3, -0.25) is 9.67 Å². The van der Waals surface area contributed by atoms with Crippen LogP contribution < -0.4 is 14.8 Å². The number of anilines is 1. The molecule has 0 aliphatic carbocycles. The number of aliphatic hydroxyl groups excluding tert-OH is 1. The summed E-state index contributed by atoms with van der Waals surface area (Å²) >= 11 is 0. The van der Waals surface area contributed by atoms with E-state index in [2.05, 4.69) is 30.4 Å². The molecule has 0 radical (unpaired) electrons. The maximum Gasteiger partial charge on any atom is 0.227 e. The molecule has 0 aromatic carbocycles. The van der Waals surface area contributed by atoms with E-state index in [1.807, 2.05) is 45.3 Å². The van der Waals surface area contributed by atoms with E-state index in [9.17, 15) is 0 Å². The van der Waals surface area contributed by atoms with Gasteiger partial charge in [-0.05, 0) is 38.5 Å². The molecule has 10 nitrogen and oxygen atoms in total. The summed E-state index contributed by atoms with van der Waals surface area (Å²) in [5.74, 6) is 2.12. The van der Waals surface area contributed by atoms with Crippen molar-refractivity contribution in [2.24, 2.45) is 7.05 Å². The molecule has 4 aromatic heterocycles. The summed E-state index contributed by atoms with van der Waals surface area (Å²) < 4.78 is 13.3. The van der Waals surface area contributed by atoms with Gasteiger partial charge in [-0.15, -0.1) is 0 Å². The summed E-state index contributed by atoms with van der Waals surface area (Å²) in [6, 6.07) is 7.40. The third kappa shape index (κ3) is 5.29. The lowest BCUT2D eigenvalue weighted by Gasteiger charge is -2.15. The molecule has 4 aromatic rings. The minimum absolute atomic E-state index is 0.0317. The normalized spacial score (nSPS) is 11.8. The molecule has 0 saturated carbocycles. The second-order valence-corrected chi connectivity index (χ2v) is 7.84. The lowest BCUT2D eigenvalue weighted by atomic mass is 10.2. The first-order chi connectivity index (χ1) is 16.5. The summed E-state index contributed by atoms with van der Waals surface area (Å²) in [6.45, 7) is 3.92. The second-order valence-electron chi connectivity index (χ2n) is 7.84. The maximum absolute atomic E-state index is 9.09. The highest BCUT2D eigenvalue weighted by molar-refractivity contribution is 5.66. The molecule has 4 heterocycles. The maximum atomic E-state index is 9.09. The van der Waals surface area contributed by atoms with Crippen LogP contribution in [0.2, 0.25) is 0 Å². The number of aryl methyl sites for hydroxylation is 2. The zero-order valence-corrected chi connectivity index (χ0v) is 19.6. The summed E-state index contributed by atoms with van der Waals surface area (Å²) in [6.07, 6.45) is 7.63. The molecular formula is C24H27N7O3. The monoisotopic (exact) mass is 461 g/mol. The van der Waals surface area contributed by atoms with Gasteiger partial charge in [0.2, 0.25) is 11.8 Å². The molecule has 0 unspecified atom stereocenters. The van der Waals surface area contributed by atoms with Crippen molar-refractivity contribution >= 4 is 5.95 Å². The van der Waals surface area contributed by atoms with Crippen molar-refractivity contribution < 1.29 is 14.6 Å². The van der Waals surface area contributed by atoms with Gasteiger partial charge in [0, 0.05) is 49.9 Å². The first kappa shape index (κ1) is 23.1. The Bertz CT molecular complexity index is 1280. The van der Waals surface area contributed by atoms with E-state index in [1.165, 1.54) is 0 Å². The zero-order chi connectivity index (χ0) is 24.1. The highest BCUT2D eigenvalue weighted by Gasteiger charge is 2.15. The van der Waals surface area contributed by atoms with Crippen molar-refractivity contribution in [2.45, 2.75) is 26.3 Å². The van der Waals surface area contributed by atoms with E-state index >= 15 is 0 Å². The van der Waals surface area contributed by atoms with E-state index in [1.54, 1.807) is 36.4 Å². The minimum atomic E-state index is 0.0317. The molecule has 0 aliphatic rings. The van der Waals surface area contributed by atoms with Crippen molar-refractivity contribution in [3.8, 4) is 39.9 Å². The molecule has 0 saturated heterocycles. The average Bonchev–Trinajstić information content (AvgIpc) is 3.27. The fraction of sp³-hybridized carbons (Fsp3) is 0.292. The standard InChI is InChI=1S/C24H27N7O3/c1-15(8-10-32)28-24-26-13-19(23(30-24)33-4)20-5-6-22(16(2)29-20)34-18-7-9-25-21(11-18)17-12-27-31(3)14-17/h5-7,9,11-15,32H,8,10H2,1-4H3,(H,26,28,30)/t15-/m1/s1. The van der Waals surface area contributed by atoms with Gasteiger partial charge in [0.15, 0.2) is 0 Å². The number of hydrogen-bond donors (Lipinski definition) is 2. The van der Waals surface area contributed by atoms with E-state index < -0.39 is 0 Å². The van der Waals surface area contributed by atoms with Crippen molar-refractivity contribution in [3.63, 3.8) is 0 Å². The van der Waals surface area contributed by atoms with Crippen LogP contribution in [0.15, 0.2) is 49.1 Å². The van der Waals surface area contributed by atoms with Gasteiger partial charge in [0.25, 0.3) is 0 Å². The highest BCUT2D eigenvalue weighted by Crippen LogP contribution is 2.32. The molecule has 10 heteroatoms. The Hall–Kier alpha value is -4.05. The van der Waals surface area contributed by atoms with Gasteiger partial charge in [-0.25, -0.2) is 9.97 Å². The molecule has 0 bridgehead atoms. The van der Waals surface area contributed by atoms with Gasteiger partial charge >= 0.3 is 0 Å². The first-order valence-electron chi connectivity index (χ1n) is 10.9. The summed E-state index contributed by atoms with van der Waals surface area (Å²) in [7, 11) is 3.42. The van der Waals surface area contributed by atoms with Crippen LogP contribution >= 0.6 is 0 Å². The average molecular weight is 462 g/mol. The number of ether oxygens (including phenoxy) is 2. The fourth-order valence-corrected chi connectivity index (χ4v) is 3.37. The van der Waals surface area contributed by atoms with Crippen molar-refractivity contribution in [3.05, 3.63) is 54.7 Å². The second kappa shape index (κ2) is 10.3. The summed E-state index contributed by atoms with van der Waals surface area (Å²) in [5.41, 5.74) is 3.73. The summed E-state index contributed by atoms with van der Waals surface area (Å²) in [4.78, 5) is 17.9. The largest absolute Gasteiger partial charge is 0.480 e. The Kier molecular flexibility index (Phi) is 6.98. The lowest BCUT2D eigenvalue weighted by molar-refractivity contribution is 0.282. The Balaban J connectivity index is 1.55. The molecule has 2 N–H and O–H groups in total. The van der Waals surface area contributed by atoms with E-state index in [-0.39, 0.29) is 12.6 Å². The van der Waals surface area contributed by atoms with Gasteiger partial charge < -0.3 is 19.9 Å². The van der Waals surface area contributed by atoms with Crippen LogP contribution in [0.1, 0.15) is 19.0 Å². The molecular weight excluding hydrogens is 434 g/mol. The van der Waals surface area contributed by atoms with Crippen LogP contribution in [0.4, 0.5) is 5.95 Å². The number of aromatic nitrogens is 6. The van der Waals surface area contributed by atoms with Crippen LogP contribution in [0.3, 0.4) is 0 Å². The Labute approximate surface area is 197 Å². The van der Waals surface area contributed by atoms with Crippen LogP contribution in [0, 0.1) is 6.92 Å². The van der Waals surface area contributed by atoms with Crippen LogP contribution in [0.5, 0.6) is 17.4 Å². The van der Waals surface area contributed by atoms with Gasteiger partial charge in [0.05, 0.1) is 36.0 Å². The predicted octanol–water partition coefficient (Wildman–Crippen LogP) is 3.63. The number of hydrogen-bond acceptors (Lipinski definition) is 9. The molecule has 0 amide bonds. The number of aliphatic hydroxyl groups is 1. The van der Waals surface area contributed by atoms with Crippen molar-refractivity contribution in [2.75, 3.05) is 19.0 Å². The van der Waals surface area contributed by atoms with Crippen molar-refractivity contribution in [1.29, 1.82) is 0 Å². The number of rotatable bonds is 9. The third-order valence-corrected chi connectivity index (χ3v) is 5.16. The quantitative estimate of drug-likeness (QED) is 0.385. The molecule has 34 heavy (non-hydrogen) atoms. The molecule has 0 fully saturated rings. The number of nitrogens with one attached hydrogen (secondary N) is 1. The Morgan fingerprint density at radius 3 is 2.68 bits per heavy atom. The van der Waals surface area contributed by atoms with Gasteiger partial charge in [0.1, 0.15) is 11.5 Å². The Morgan fingerprint density at radius 1 is 1.12 bits per heavy atom. The van der Waals surface area contributed by atoms with Crippen LogP contribution in [0.25, 0.3) is 22.5 Å². The first-order valence-corrected chi connectivity index (χ1v) is 10.9. The number of nitrogens with zero attached hydrogens (tertiary/aromatic N) is 6. The summed E-state index contributed by atoms with van der Waals surface area (Å²) in [5, 5.41) is 16.4. The fourth-order valence-electron chi connectivity index (χ4n) is 3.37. The van der Waals surface area contributed by atoms with E-state index in [0.717, 1.165) is 11.3 Å². The van der Waals surface area contributed by atoms with Crippen molar-refractivity contribution in [1.82, 2.24) is 29.7 Å².